The van der Waals surface area contributed by atoms with Gasteiger partial charge < -0.3 is 10.1 Å². The molecule has 192 valence electrons. The number of ether oxygens (including phenoxy) is 1. The van der Waals surface area contributed by atoms with Gasteiger partial charge in [0.1, 0.15) is 11.6 Å². The molecule has 6 nitrogen and oxygen atoms in total. The normalized spacial score (nSPS) is 14.8. The molecule has 0 aliphatic carbocycles. The van der Waals surface area contributed by atoms with E-state index in [2.05, 4.69) is 24.1 Å². The highest BCUT2D eigenvalue weighted by atomic mass is 35.5. The number of likely N-dealkylation sites (tertiary alicyclic amines) is 1. The van der Waals surface area contributed by atoms with Crippen LogP contribution in [0.1, 0.15) is 38.1 Å². The number of para-hydroxylation sites is 1. The number of carbonyl (C=O) groups is 1. The lowest BCUT2D eigenvalue weighted by atomic mass is 9.98. The fourth-order valence-electron chi connectivity index (χ4n) is 4.46. The lowest BCUT2D eigenvalue weighted by Crippen LogP contribution is -2.43. The summed E-state index contributed by atoms with van der Waals surface area (Å²) in [7, 11) is 0. The quantitative estimate of drug-likeness (QED) is 0.402. The first-order valence-electron chi connectivity index (χ1n) is 12.6. The zero-order valence-electron chi connectivity index (χ0n) is 20.9. The molecule has 3 aromatic rings. The van der Waals surface area contributed by atoms with Gasteiger partial charge in [0, 0.05) is 18.8 Å². The third-order valence-corrected chi connectivity index (χ3v) is 6.66. The van der Waals surface area contributed by atoms with E-state index in [1.54, 1.807) is 6.07 Å². The lowest BCUT2D eigenvalue weighted by molar-refractivity contribution is -0.121. The summed E-state index contributed by atoms with van der Waals surface area (Å²) in [5, 5.41) is 8.07. The minimum Gasteiger partial charge on any atom is -0.492 e. The molecule has 1 amide bonds. The molecule has 1 fully saturated rings. The molecule has 1 aromatic heterocycles. The maximum atomic E-state index is 13.2. The number of benzene rings is 2. The molecule has 0 bridgehead atoms. The summed E-state index contributed by atoms with van der Waals surface area (Å²) in [6, 6.07) is 16.3. The molecule has 0 unspecified atom stereocenters. The van der Waals surface area contributed by atoms with Gasteiger partial charge in [-0.1, -0.05) is 43.6 Å². The van der Waals surface area contributed by atoms with Crippen molar-refractivity contribution >= 4 is 17.5 Å². The van der Waals surface area contributed by atoms with Crippen molar-refractivity contribution in [3.05, 3.63) is 76.8 Å². The van der Waals surface area contributed by atoms with Gasteiger partial charge in [0.05, 0.1) is 36.1 Å². The number of piperidine rings is 1. The van der Waals surface area contributed by atoms with Crippen molar-refractivity contribution in [2.45, 2.75) is 39.5 Å². The summed E-state index contributed by atoms with van der Waals surface area (Å²) in [5.74, 6) is 1.01. The average Bonchev–Trinajstić information content (AvgIpc) is 3.24. The molecule has 36 heavy (non-hydrogen) atoms. The number of amides is 1. The summed E-state index contributed by atoms with van der Waals surface area (Å²) in [5.41, 5.74) is 2.90. The topological polar surface area (TPSA) is 59.4 Å². The van der Waals surface area contributed by atoms with Crippen LogP contribution in [0.5, 0.6) is 5.75 Å². The molecule has 1 aliphatic heterocycles. The van der Waals surface area contributed by atoms with E-state index < -0.39 is 0 Å². The molecule has 0 spiro atoms. The van der Waals surface area contributed by atoms with Gasteiger partial charge in [-0.25, -0.2) is 9.07 Å². The number of hydrogen-bond acceptors (Lipinski definition) is 4. The van der Waals surface area contributed by atoms with Gasteiger partial charge >= 0.3 is 0 Å². The predicted molar refractivity (Wildman–Crippen MR) is 140 cm³/mol. The van der Waals surface area contributed by atoms with Gasteiger partial charge in [0.25, 0.3) is 0 Å². The van der Waals surface area contributed by atoms with Crippen molar-refractivity contribution in [3.8, 4) is 11.4 Å². The number of halogens is 2. The summed E-state index contributed by atoms with van der Waals surface area (Å²) in [6.07, 6.45) is 3.09. The zero-order chi connectivity index (χ0) is 25.5. The van der Waals surface area contributed by atoms with Crippen LogP contribution in [0.4, 0.5) is 4.39 Å². The Bertz CT molecular complexity index is 1140. The summed E-state index contributed by atoms with van der Waals surface area (Å²) < 4.78 is 20.9. The predicted octanol–water partition coefficient (Wildman–Crippen LogP) is 5.27. The second-order valence-corrected chi connectivity index (χ2v) is 10.3. The van der Waals surface area contributed by atoms with Crippen molar-refractivity contribution in [1.82, 2.24) is 20.0 Å². The van der Waals surface area contributed by atoms with Crippen LogP contribution in [0.3, 0.4) is 0 Å². The molecule has 1 aliphatic rings. The Labute approximate surface area is 217 Å². The molecule has 1 N–H and O–H groups in total. The van der Waals surface area contributed by atoms with Gasteiger partial charge in [-0.3, -0.25) is 9.69 Å². The fraction of sp³-hybridized carbons (Fsp3) is 0.429. The van der Waals surface area contributed by atoms with Crippen LogP contribution in [0.15, 0.2) is 54.6 Å². The van der Waals surface area contributed by atoms with Crippen molar-refractivity contribution in [2.75, 3.05) is 26.4 Å². The Hall–Kier alpha value is -2.90. The third-order valence-electron chi connectivity index (χ3n) is 6.37. The number of nitrogens with one attached hydrogen (secondary N) is 1. The van der Waals surface area contributed by atoms with Gasteiger partial charge in [-0.2, -0.15) is 5.10 Å². The van der Waals surface area contributed by atoms with Gasteiger partial charge in [-0.05, 0) is 67.5 Å². The maximum Gasteiger partial charge on any atom is 0.227 e. The van der Waals surface area contributed by atoms with E-state index in [9.17, 15) is 9.18 Å². The molecule has 2 aromatic carbocycles. The molecular formula is C28H34ClFN4O2. The van der Waals surface area contributed by atoms with E-state index in [0.717, 1.165) is 49.4 Å². The van der Waals surface area contributed by atoms with Crippen LogP contribution in [0, 0.1) is 17.7 Å². The molecule has 4 rings (SSSR count). The first-order chi connectivity index (χ1) is 17.4. The van der Waals surface area contributed by atoms with E-state index >= 15 is 0 Å². The SMILES string of the molecule is CC(C)Cc1cc(CC(=O)NCN2CCC(COc3ccc(F)cc3Cl)CC2)nn1-c1ccccc1. The molecular weight excluding hydrogens is 479 g/mol. The van der Waals surface area contributed by atoms with Gasteiger partial charge in [0.2, 0.25) is 5.91 Å². The number of nitrogens with zero attached hydrogens (tertiary/aromatic N) is 3. The summed E-state index contributed by atoms with van der Waals surface area (Å²) in [4.78, 5) is 14.9. The zero-order valence-corrected chi connectivity index (χ0v) is 21.7. The van der Waals surface area contributed by atoms with E-state index in [1.807, 2.05) is 41.1 Å². The highest BCUT2D eigenvalue weighted by Crippen LogP contribution is 2.26. The monoisotopic (exact) mass is 512 g/mol. The Balaban J connectivity index is 1.23. The van der Waals surface area contributed by atoms with Gasteiger partial charge in [-0.15, -0.1) is 0 Å². The number of rotatable bonds is 10. The van der Waals surface area contributed by atoms with Crippen LogP contribution in [0.25, 0.3) is 5.69 Å². The van der Waals surface area contributed by atoms with Crippen molar-refractivity contribution in [3.63, 3.8) is 0 Å². The molecule has 2 heterocycles. The minimum absolute atomic E-state index is 0.0276. The second kappa shape index (κ2) is 12.4. The third kappa shape index (κ3) is 7.31. The first-order valence-corrected chi connectivity index (χ1v) is 13.0. The second-order valence-electron chi connectivity index (χ2n) is 9.85. The Kier molecular flexibility index (Phi) is 8.99. The molecule has 1 saturated heterocycles. The Morgan fingerprint density at radius 2 is 1.92 bits per heavy atom. The van der Waals surface area contributed by atoms with Crippen LogP contribution >= 0.6 is 11.6 Å². The van der Waals surface area contributed by atoms with Crippen LogP contribution in [0.2, 0.25) is 5.02 Å². The minimum atomic E-state index is -0.372. The highest BCUT2D eigenvalue weighted by molar-refractivity contribution is 6.32. The maximum absolute atomic E-state index is 13.2. The number of hydrogen-bond donors (Lipinski definition) is 1. The van der Waals surface area contributed by atoms with Crippen molar-refractivity contribution in [2.24, 2.45) is 11.8 Å². The van der Waals surface area contributed by atoms with Crippen molar-refractivity contribution < 1.29 is 13.9 Å². The van der Waals surface area contributed by atoms with Crippen LogP contribution in [-0.4, -0.2) is 47.0 Å². The van der Waals surface area contributed by atoms with E-state index in [4.69, 9.17) is 21.4 Å². The molecule has 0 atom stereocenters. The first kappa shape index (κ1) is 26.2. The van der Waals surface area contributed by atoms with Crippen molar-refractivity contribution in [1.29, 1.82) is 0 Å². The standard InChI is InChI=1S/C28H34ClFN4O2/c1-20(2)14-25-16-23(32-34(25)24-6-4-3-5-7-24)17-28(35)31-19-33-12-10-21(11-13-33)18-36-27-9-8-22(30)15-26(27)29/h3-9,15-16,20-21H,10-14,17-19H2,1-2H3,(H,31,35). The lowest BCUT2D eigenvalue weighted by Gasteiger charge is -2.31. The van der Waals surface area contributed by atoms with E-state index in [1.165, 1.54) is 12.1 Å². The number of carbonyl (C=O) groups excluding carboxylic acids is 1. The highest BCUT2D eigenvalue weighted by Gasteiger charge is 2.21. The Morgan fingerprint density at radius 3 is 2.61 bits per heavy atom. The summed E-state index contributed by atoms with van der Waals surface area (Å²) in [6.45, 7) is 7.20. The van der Waals surface area contributed by atoms with E-state index in [-0.39, 0.29) is 18.1 Å². The van der Waals surface area contributed by atoms with Crippen LogP contribution in [-0.2, 0) is 17.6 Å². The van der Waals surface area contributed by atoms with Gasteiger partial charge in [0.15, 0.2) is 0 Å². The molecule has 8 heteroatoms. The smallest absolute Gasteiger partial charge is 0.227 e. The van der Waals surface area contributed by atoms with Crippen LogP contribution < -0.4 is 10.1 Å². The molecule has 0 saturated carbocycles. The fourth-order valence-corrected chi connectivity index (χ4v) is 4.68. The Morgan fingerprint density at radius 1 is 1.17 bits per heavy atom. The van der Waals surface area contributed by atoms with E-state index in [0.29, 0.717) is 35.9 Å². The largest absolute Gasteiger partial charge is 0.492 e. The molecule has 0 radical (unpaired) electrons. The average molecular weight is 513 g/mol. The summed E-state index contributed by atoms with van der Waals surface area (Å²) >= 11 is 6.04. The number of aromatic nitrogens is 2.